The van der Waals surface area contributed by atoms with Crippen molar-refractivity contribution < 1.29 is 0 Å². The maximum absolute atomic E-state index is 8.90. The average Bonchev–Trinajstić information content (AvgIpc) is 2.96. The summed E-state index contributed by atoms with van der Waals surface area (Å²) in [5.74, 6) is 1.07. The number of nitriles is 1. The maximum Gasteiger partial charge on any atom is 0.190 e. The second kappa shape index (κ2) is 6.91. The van der Waals surface area contributed by atoms with Crippen molar-refractivity contribution >= 4 is 39.0 Å². The second-order valence-corrected chi connectivity index (χ2v) is 6.78. The van der Waals surface area contributed by atoms with Gasteiger partial charge >= 0.3 is 0 Å². The molecule has 23 heavy (non-hydrogen) atoms. The summed E-state index contributed by atoms with van der Waals surface area (Å²) in [6, 6.07) is 5.53. The van der Waals surface area contributed by atoms with Gasteiger partial charge in [0.25, 0.3) is 0 Å². The number of pyridine rings is 1. The van der Waals surface area contributed by atoms with Gasteiger partial charge in [-0.2, -0.15) is 5.26 Å². The zero-order valence-corrected chi connectivity index (χ0v) is 13.8. The third-order valence-electron chi connectivity index (χ3n) is 3.25. The number of nitrogen functional groups attached to an aromatic ring is 1. The Hall–Kier alpha value is -2.21. The van der Waals surface area contributed by atoms with E-state index >= 15 is 0 Å². The summed E-state index contributed by atoms with van der Waals surface area (Å²) in [5.41, 5.74) is 13.9. The Morgan fingerprint density at radius 3 is 2.96 bits per heavy atom. The van der Waals surface area contributed by atoms with Crippen LogP contribution < -0.4 is 11.5 Å². The normalized spacial score (nSPS) is 10.8. The molecule has 3 aromatic rings. The highest BCUT2D eigenvalue weighted by molar-refractivity contribution is 7.99. The van der Waals surface area contributed by atoms with Gasteiger partial charge in [-0.05, 0) is 23.4 Å². The first-order chi connectivity index (χ1) is 11.2. The van der Waals surface area contributed by atoms with Gasteiger partial charge in [-0.25, -0.2) is 9.97 Å². The van der Waals surface area contributed by atoms with E-state index in [1.807, 2.05) is 12.3 Å². The van der Waals surface area contributed by atoms with Crippen LogP contribution in [0.4, 0.5) is 5.82 Å². The lowest BCUT2D eigenvalue weighted by molar-refractivity contribution is 0.955. The second-order valence-electron chi connectivity index (χ2n) is 4.81. The number of nitrogens with zero attached hydrogens (tertiary/aromatic N) is 4. The Kier molecular flexibility index (Phi) is 4.71. The molecule has 0 radical (unpaired) electrons. The van der Waals surface area contributed by atoms with Gasteiger partial charge in [0.1, 0.15) is 17.6 Å². The van der Waals surface area contributed by atoms with Crippen LogP contribution >= 0.6 is 23.1 Å². The zero-order chi connectivity index (χ0) is 16.2. The molecule has 116 valence electrons. The number of anilines is 1. The van der Waals surface area contributed by atoms with Crippen molar-refractivity contribution in [2.45, 2.75) is 18.1 Å². The highest BCUT2D eigenvalue weighted by Gasteiger charge is 2.07. The van der Waals surface area contributed by atoms with E-state index in [-0.39, 0.29) is 5.69 Å². The molecule has 3 aromatic heterocycles. The fourth-order valence-corrected chi connectivity index (χ4v) is 3.89. The number of thiophene rings is 1. The van der Waals surface area contributed by atoms with Crippen LogP contribution in [0.1, 0.15) is 17.0 Å². The predicted molar refractivity (Wildman–Crippen MR) is 93.1 cm³/mol. The van der Waals surface area contributed by atoms with Crippen LogP contribution in [0.2, 0.25) is 0 Å². The summed E-state index contributed by atoms with van der Waals surface area (Å²) in [6.07, 6.45) is 2.67. The Morgan fingerprint density at radius 2 is 2.17 bits per heavy atom. The van der Waals surface area contributed by atoms with Crippen molar-refractivity contribution in [2.75, 3.05) is 11.5 Å². The smallest absolute Gasteiger partial charge is 0.190 e. The molecular formula is C15H14N6S2. The molecule has 6 nitrogen and oxygen atoms in total. The van der Waals surface area contributed by atoms with E-state index in [1.165, 1.54) is 23.2 Å². The molecule has 4 N–H and O–H groups in total. The summed E-state index contributed by atoms with van der Waals surface area (Å²) in [4.78, 5) is 12.7. The van der Waals surface area contributed by atoms with Crippen molar-refractivity contribution in [1.29, 1.82) is 5.26 Å². The van der Waals surface area contributed by atoms with Crippen molar-refractivity contribution in [3.63, 3.8) is 0 Å². The molecule has 0 aliphatic heterocycles. The Balaban J connectivity index is 1.69. The van der Waals surface area contributed by atoms with Crippen molar-refractivity contribution in [3.05, 3.63) is 40.7 Å². The SMILES string of the molecule is N#Cc1cc(N)nc(SCCc2cc3c(CN)csc3cn2)n1. The van der Waals surface area contributed by atoms with Gasteiger partial charge in [0.05, 0.1) is 4.70 Å². The molecule has 3 rings (SSSR count). The molecule has 8 heteroatoms. The van der Waals surface area contributed by atoms with Crippen LogP contribution in [0.25, 0.3) is 10.1 Å². The average molecular weight is 342 g/mol. The molecule has 0 aromatic carbocycles. The number of thioether (sulfide) groups is 1. The van der Waals surface area contributed by atoms with E-state index in [1.54, 1.807) is 11.3 Å². The molecule has 0 bridgehead atoms. The minimum atomic E-state index is 0.283. The molecule has 0 saturated carbocycles. The van der Waals surface area contributed by atoms with Crippen LogP contribution in [-0.4, -0.2) is 20.7 Å². The topological polar surface area (TPSA) is 114 Å². The largest absolute Gasteiger partial charge is 0.384 e. The molecular weight excluding hydrogens is 328 g/mol. The first-order valence-corrected chi connectivity index (χ1v) is 8.78. The molecule has 0 unspecified atom stereocenters. The van der Waals surface area contributed by atoms with Crippen molar-refractivity contribution in [1.82, 2.24) is 15.0 Å². The Labute approximate surface area is 141 Å². The minimum absolute atomic E-state index is 0.283. The molecule has 0 amide bonds. The van der Waals surface area contributed by atoms with Crippen LogP contribution in [-0.2, 0) is 13.0 Å². The minimum Gasteiger partial charge on any atom is -0.384 e. The molecule has 0 saturated heterocycles. The number of hydrogen-bond acceptors (Lipinski definition) is 8. The van der Waals surface area contributed by atoms with Gasteiger partial charge in [0.2, 0.25) is 0 Å². The van der Waals surface area contributed by atoms with Crippen LogP contribution in [0.15, 0.2) is 28.9 Å². The fraction of sp³-hybridized carbons (Fsp3) is 0.200. The summed E-state index contributed by atoms with van der Waals surface area (Å²) < 4.78 is 1.15. The summed E-state index contributed by atoms with van der Waals surface area (Å²) in [6.45, 7) is 0.534. The van der Waals surface area contributed by atoms with Gasteiger partial charge < -0.3 is 11.5 Å². The Bertz CT molecular complexity index is 883. The lowest BCUT2D eigenvalue weighted by Crippen LogP contribution is -1.99. The third kappa shape index (κ3) is 3.59. The molecule has 3 heterocycles. The fourth-order valence-electron chi connectivity index (χ4n) is 2.14. The van der Waals surface area contributed by atoms with Gasteiger partial charge in [-0.15, -0.1) is 11.3 Å². The van der Waals surface area contributed by atoms with E-state index in [4.69, 9.17) is 16.7 Å². The zero-order valence-electron chi connectivity index (χ0n) is 12.2. The third-order valence-corrected chi connectivity index (χ3v) is 5.08. The van der Waals surface area contributed by atoms with Gasteiger partial charge in [0.15, 0.2) is 5.16 Å². The van der Waals surface area contributed by atoms with E-state index in [2.05, 4.69) is 26.4 Å². The van der Waals surface area contributed by atoms with Crippen molar-refractivity contribution in [3.8, 4) is 6.07 Å². The molecule has 0 aliphatic carbocycles. The standard InChI is InChI=1S/C15H14N6S2/c16-5-9-8-23-13-7-19-10(3-12(9)13)1-2-22-15-20-11(6-17)4-14(18)21-15/h3-4,7-8H,1-2,5,16H2,(H2,18,20,21). The predicted octanol–water partition coefficient (Wildman–Crippen LogP) is 2.33. The summed E-state index contributed by atoms with van der Waals surface area (Å²) in [5, 5.41) is 12.7. The van der Waals surface area contributed by atoms with Gasteiger partial charge in [0, 0.05) is 35.6 Å². The summed E-state index contributed by atoms with van der Waals surface area (Å²) >= 11 is 3.12. The monoisotopic (exact) mass is 342 g/mol. The van der Waals surface area contributed by atoms with Crippen LogP contribution in [0.3, 0.4) is 0 Å². The first-order valence-electron chi connectivity index (χ1n) is 6.92. The van der Waals surface area contributed by atoms with Crippen LogP contribution in [0.5, 0.6) is 0 Å². The van der Waals surface area contributed by atoms with Gasteiger partial charge in [-0.3, -0.25) is 4.98 Å². The lowest BCUT2D eigenvalue weighted by atomic mass is 10.1. The van der Waals surface area contributed by atoms with E-state index in [0.717, 1.165) is 28.1 Å². The molecule has 0 spiro atoms. The van der Waals surface area contributed by atoms with Gasteiger partial charge in [-0.1, -0.05) is 11.8 Å². The number of nitrogens with two attached hydrogens (primary N) is 2. The molecule has 0 aliphatic rings. The first kappa shape index (κ1) is 15.7. The highest BCUT2D eigenvalue weighted by Crippen LogP contribution is 2.26. The number of hydrogen-bond donors (Lipinski definition) is 2. The molecule has 0 fully saturated rings. The van der Waals surface area contributed by atoms with E-state index in [9.17, 15) is 0 Å². The number of fused-ring (bicyclic) bond motifs is 1. The number of aromatic nitrogens is 3. The molecule has 0 atom stereocenters. The van der Waals surface area contributed by atoms with Crippen LogP contribution in [0, 0.1) is 11.3 Å². The Morgan fingerprint density at radius 1 is 1.30 bits per heavy atom. The maximum atomic E-state index is 8.90. The number of rotatable bonds is 5. The lowest BCUT2D eigenvalue weighted by Gasteiger charge is -2.03. The quantitative estimate of drug-likeness (QED) is 0.540. The van der Waals surface area contributed by atoms with E-state index in [0.29, 0.717) is 17.5 Å². The number of aryl methyl sites for hydroxylation is 1. The van der Waals surface area contributed by atoms with E-state index < -0.39 is 0 Å². The summed E-state index contributed by atoms with van der Waals surface area (Å²) in [7, 11) is 0. The highest BCUT2D eigenvalue weighted by atomic mass is 32.2. The van der Waals surface area contributed by atoms with Crippen molar-refractivity contribution in [2.24, 2.45) is 5.73 Å².